The van der Waals surface area contributed by atoms with Crippen LogP contribution in [-0.4, -0.2) is 95.6 Å². The normalized spacial score (nSPS) is 19.2. The van der Waals surface area contributed by atoms with Crippen molar-refractivity contribution < 1.29 is 28.2 Å². The first-order valence-corrected chi connectivity index (χ1v) is 30.6. The number of carbonyl (C=O) groups excluding carboxylic acids is 1. The highest BCUT2D eigenvalue weighted by Crippen LogP contribution is 2.44. The Hall–Kier alpha value is -5.98. The van der Waals surface area contributed by atoms with Crippen molar-refractivity contribution >= 4 is 31.3 Å². The van der Waals surface area contributed by atoms with Crippen LogP contribution in [0, 0.1) is 10.8 Å². The number of rotatable bonds is 14. The number of nitrogens with two attached hydrogens (primary N) is 1. The van der Waals surface area contributed by atoms with Gasteiger partial charge in [-0.1, -0.05) is 127 Å². The van der Waals surface area contributed by atoms with Gasteiger partial charge in [0.15, 0.2) is 11.4 Å². The minimum absolute atomic E-state index is 0.193. The maximum absolute atomic E-state index is 16.2. The number of aromatic carboxylic acids is 1. The van der Waals surface area contributed by atoms with Gasteiger partial charge in [-0.15, -0.1) is 0 Å². The Balaban J connectivity index is 0.000000156. The molecule has 10 rings (SSSR count). The lowest BCUT2D eigenvalue weighted by Crippen LogP contribution is -2.45. The number of nitrogen functional groups attached to an aromatic ring is 1. The summed E-state index contributed by atoms with van der Waals surface area (Å²) in [5.41, 5.74) is 11.1. The Kier molecular flexibility index (Phi) is 17.0. The van der Waals surface area contributed by atoms with Gasteiger partial charge in [-0.3, -0.25) is 19.3 Å². The molecule has 2 aromatic carbocycles. The molecule has 1 aliphatic heterocycles. The zero-order valence-electron chi connectivity index (χ0n) is 45.1. The fourth-order valence-corrected chi connectivity index (χ4v) is 12.0. The number of carboxylic acids is 1. The molecule has 5 heterocycles. The number of hydrogen-bond donors (Lipinski definition) is 5. The number of fused-ring (bicyclic) bond motifs is 2. The van der Waals surface area contributed by atoms with Gasteiger partial charge in [-0.25, -0.2) is 18.3 Å². The van der Waals surface area contributed by atoms with Gasteiger partial charge in [-0.2, -0.15) is 20.4 Å². The summed E-state index contributed by atoms with van der Waals surface area (Å²) in [6, 6.07) is 19.6. The third-order valence-corrected chi connectivity index (χ3v) is 17.2. The molecule has 6 aromatic rings. The molecule has 15 nitrogen and oxygen atoms in total. The molecule has 75 heavy (non-hydrogen) atoms. The van der Waals surface area contributed by atoms with Crippen LogP contribution in [-0.2, 0) is 37.2 Å². The summed E-state index contributed by atoms with van der Waals surface area (Å²) >= 11 is 0. The van der Waals surface area contributed by atoms with Crippen LogP contribution in [0.4, 0.5) is 20.2 Å². The number of nitrogens with one attached hydrogen (secondary N) is 3. The lowest BCUT2D eigenvalue weighted by atomic mass is 9.76. The van der Waals surface area contributed by atoms with E-state index in [0.717, 1.165) is 104 Å². The summed E-state index contributed by atoms with van der Waals surface area (Å²) in [7, 11) is -1.11. The van der Waals surface area contributed by atoms with Crippen molar-refractivity contribution in [2.45, 2.75) is 167 Å². The molecule has 4 aliphatic rings. The van der Waals surface area contributed by atoms with Crippen LogP contribution in [0.25, 0.3) is 0 Å². The molecule has 2 atom stereocenters. The average Bonchev–Trinajstić information content (AvgIpc) is 4.18. The summed E-state index contributed by atoms with van der Waals surface area (Å²) in [6.07, 6.45) is 17.0. The van der Waals surface area contributed by atoms with E-state index in [-0.39, 0.29) is 28.5 Å². The second-order valence-electron chi connectivity index (χ2n) is 24.1. The minimum atomic E-state index is -1.42. The quantitative estimate of drug-likeness (QED) is 0.0517. The molecule has 3 aliphatic carbocycles. The number of nitrogens with zero attached hydrogens (tertiary/aromatic N) is 7. The van der Waals surface area contributed by atoms with E-state index in [1.54, 1.807) is 38.8 Å². The van der Waals surface area contributed by atoms with E-state index in [9.17, 15) is 14.7 Å². The number of aromatic amines is 1. The first kappa shape index (κ1) is 55.3. The Morgan fingerprint density at radius 3 is 1.93 bits per heavy atom. The molecule has 2 unspecified atom stereocenters. The van der Waals surface area contributed by atoms with Gasteiger partial charge in [0.25, 0.3) is 5.91 Å². The highest BCUT2D eigenvalue weighted by molar-refractivity contribution is 6.76. The Labute approximate surface area is 441 Å². The number of carbonyl (C=O) groups is 2. The minimum Gasteiger partial charge on any atom is -0.476 e. The second-order valence-corrected chi connectivity index (χ2v) is 29.7. The number of alkyl halides is 2. The molecule has 0 bridgehead atoms. The summed E-state index contributed by atoms with van der Waals surface area (Å²) in [5, 5.41) is 35.9. The predicted molar refractivity (Wildman–Crippen MR) is 292 cm³/mol. The number of halogens is 2. The van der Waals surface area contributed by atoms with Crippen LogP contribution in [0.3, 0.4) is 0 Å². The van der Waals surface area contributed by atoms with Crippen molar-refractivity contribution in [1.82, 2.24) is 44.9 Å². The lowest BCUT2D eigenvalue weighted by Gasteiger charge is -2.37. The number of ether oxygens (including phenoxy) is 1. The molecule has 1 saturated heterocycles. The third kappa shape index (κ3) is 13.7. The number of anilines is 2. The van der Waals surface area contributed by atoms with Gasteiger partial charge in [0.1, 0.15) is 30.2 Å². The van der Waals surface area contributed by atoms with Gasteiger partial charge in [-0.05, 0) is 105 Å². The van der Waals surface area contributed by atoms with E-state index < -0.39 is 31.4 Å². The number of benzene rings is 2. The highest BCUT2D eigenvalue weighted by atomic mass is 28.3. The van der Waals surface area contributed by atoms with Crippen LogP contribution in [0.15, 0.2) is 85.5 Å². The van der Waals surface area contributed by atoms with Gasteiger partial charge >= 0.3 is 5.97 Å². The number of piperidine rings is 1. The number of aromatic nitrogens is 8. The molecular weight excluding hydrogens is 969 g/mol. The maximum atomic E-state index is 16.2. The zero-order valence-corrected chi connectivity index (χ0v) is 46.1. The molecule has 4 aromatic heterocycles. The molecule has 1 saturated carbocycles. The van der Waals surface area contributed by atoms with E-state index in [0.29, 0.717) is 62.6 Å². The van der Waals surface area contributed by atoms with Crippen LogP contribution in [0.1, 0.15) is 152 Å². The fraction of sp³-hybridized carbons (Fsp3) is 0.544. The molecule has 404 valence electrons. The number of H-pyrrole nitrogens is 1. The van der Waals surface area contributed by atoms with E-state index in [1.165, 1.54) is 0 Å². The molecule has 6 N–H and O–H groups in total. The largest absolute Gasteiger partial charge is 0.476 e. The first-order chi connectivity index (χ1) is 35.6. The molecule has 0 spiro atoms. The average molecular weight is 1050 g/mol. The first-order valence-electron chi connectivity index (χ1n) is 26.9. The Bertz CT molecular complexity index is 2840. The SMILES string of the molecule is CC1(C)CCc2c(C(=O)Nc3cnn(C(c4ccccc4)C4(F)CCNCC4)c3)n[nH]c2C1.CC1(C)CCc2c(C(=O)O)nn(COCC[Si](C)(C)C)c2C1.Nc1cnn(C(c2ccccc2)C2(F)CCCCC2)c1. The highest BCUT2D eigenvalue weighted by Gasteiger charge is 2.44. The van der Waals surface area contributed by atoms with Gasteiger partial charge < -0.3 is 26.2 Å². The summed E-state index contributed by atoms with van der Waals surface area (Å²) in [4.78, 5) is 24.4. The fourth-order valence-electron chi connectivity index (χ4n) is 11.2. The molecule has 0 radical (unpaired) electrons. The van der Waals surface area contributed by atoms with Gasteiger partial charge in [0.2, 0.25) is 0 Å². The van der Waals surface area contributed by atoms with E-state index in [2.05, 4.69) is 83.5 Å². The van der Waals surface area contributed by atoms with Crippen molar-refractivity contribution in [3.8, 4) is 0 Å². The monoisotopic (exact) mass is 1050 g/mol. The smallest absolute Gasteiger partial charge is 0.356 e. The van der Waals surface area contributed by atoms with Crippen molar-refractivity contribution in [2.75, 3.05) is 30.7 Å². The summed E-state index contributed by atoms with van der Waals surface area (Å²) in [5.74, 6) is -1.20. The van der Waals surface area contributed by atoms with Crippen molar-refractivity contribution in [2.24, 2.45) is 10.8 Å². The Morgan fingerprint density at radius 2 is 1.35 bits per heavy atom. The Morgan fingerprint density at radius 1 is 0.773 bits per heavy atom. The molecule has 1 amide bonds. The van der Waals surface area contributed by atoms with Gasteiger partial charge in [0, 0.05) is 49.6 Å². The molecular formula is C57H79F2N11O4Si. The maximum Gasteiger partial charge on any atom is 0.356 e. The van der Waals surface area contributed by atoms with Gasteiger partial charge in [0.05, 0.1) is 23.8 Å². The van der Waals surface area contributed by atoms with E-state index >= 15 is 8.78 Å². The topological polar surface area (TPSA) is 196 Å². The lowest BCUT2D eigenvalue weighted by molar-refractivity contribution is 0.0562. The van der Waals surface area contributed by atoms with Crippen LogP contribution >= 0.6 is 0 Å². The van der Waals surface area contributed by atoms with E-state index in [1.807, 2.05) is 60.7 Å². The summed E-state index contributed by atoms with van der Waals surface area (Å²) < 4.78 is 42.5. The van der Waals surface area contributed by atoms with Crippen LogP contribution in [0.2, 0.25) is 25.7 Å². The predicted octanol–water partition coefficient (Wildman–Crippen LogP) is 11.2. The van der Waals surface area contributed by atoms with Crippen molar-refractivity contribution in [3.63, 3.8) is 0 Å². The number of hydrogen-bond acceptors (Lipinski definition) is 9. The standard InChI is InChI=1S/C25H31FN6O.C16H20FN3.C16H28N2O3Si/c1-24(2)9-8-19-20(14-24)30-31-21(19)23(33)29-18-15-28-32(16-18)22(17-6-4-3-5-7-17)25(26)10-12-27-13-11-25;17-16(9-5-2-6-10-16)15(13-7-3-1-4-8-13)20-12-14(18)11-19-20;1-16(2)7-6-12-13(10-16)18(17-14(12)15(19)20)11-21-8-9-22(3,4)5/h3-7,15-16,22,27H,8-14H2,1-2H3,(H,29,33)(H,30,31);1,3-4,7-8,11-12,15H,2,5-6,9-10,18H2;6-11H2,1-5H3,(H,19,20). The second kappa shape index (κ2) is 23.1. The van der Waals surface area contributed by atoms with Crippen LogP contribution in [0.5, 0.6) is 0 Å². The third-order valence-electron chi connectivity index (χ3n) is 15.5. The van der Waals surface area contributed by atoms with Crippen molar-refractivity contribution in [3.05, 3.63) is 130 Å². The zero-order chi connectivity index (χ0) is 53.6. The van der Waals surface area contributed by atoms with Crippen molar-refractivity contribution in [1.29, 1.82) is 0 Å². The molecule has 18 heteroatoms. The molecule has 2 fully saturated rings. The van der Waals surface area contributed by atoms with E-state index in [4.69, 9.17) is 10.5 Å². The summed E-state index contributed by atoms with van der Waals surface area (Å²) in [6.45, 7) is 18.2. The number of carboxylic acid groups (broad SMARTS) is 1. The number of amides is 1. The van der Waals surface area contributed by atoms with Crippen LogP contribution < -0.4 is 16.4 Å².